The van der Waals surface area contributed by atoms with Crippen molar-refractivity contribution in [3.8, 4) is 10.4 Å². The average molecular weight is 373 g/mol. The molecular weight excluding hydrogens is 359 g/mol. The molecule has 1 unspecified atom stereocenters. The summed E-state index contributed by atoms with van der Waals surface area (Å²) >= 11 is 2.39. The van der Waals surface area contributed by atoms with Gasteiger partial charge in [-0.05, 0) is 0 Å². The Morgan fingerprint density at radius 3 is 2.43 bits per heavy atom. The van der Waals surface area contributed by atoms with Crippen LogP contribution in [0.3, 0.4) is 0 Å². The van der Waals surface area contributed by atoms with Crippen LogP contribution in [-0.4, -0.2) is 27.9 Å². The van der Waals surface area contributed by atoms with Crippen molar-refractivity contribution in [3.63, 3.8) is 0 Å². The molecule has 0 radical (unpaired) electrons. The first-order valence-electron chi connectivity index (χ1n) is 6.03. The third-order valence-electron chi connectivity index (χ3n) is 3.03. The average Bonchev–Trinajstić information content (AvgIpc) is 2.73. The van der Waals surface area contributed by atoms with Gasteiger partial charge in [-0.1, -0.05) is 0 Å². The van der Waals surface area contributed by atoms with Gasteiger partial charge in [0.05, 0.1) is 0 Å². The van der Waals surface area contributed by atoms with Gasteiger partial charge < -0.3 is 0 Å². The summed E-state index contributed by atoms with van der Waals surface area (Å²) in [7, 11) is 0. The maximum atomic E-state index is 14.2. The van der Waals surface area contributed by atoms with Gasteiger partial charge in [0.1, 0.15) is 0 Å². The van der Waals surface area contributed by atoms with Gasteiger partial charge in [-0.15, -0.1) is 0 Å². The fourth-order valence-electron chi connectivity index (χ4n) is 1.94. The molecule has 112 valence electrons. The van der Waals surface area contributed by atoms with Crippen molar-refractivity contribution in [2.45, 2.75) is 19.4 Å². The van der Waals surface area contributed by atoms with Crippen molar-refractivity contribution in [2.24, 2.45) is 5.73 Å². The molecule has 1 aromatic heterocycles. The van der Waals surface area contributed by atoms with Crippen LogP contribution in [0, 0.1) is 11.6 Å². The van der Waals surface area contributed by atoms with Crippen molar-refractivity contribution < 1.29 is 18.7 Å². The summed E-state index contributed by atoms with van der Waals surface area (Å²) in [5.41, 5.74) is 4.02. The second kappa shape index (κ2) is 5.52. The molecule has 2 aromatic rings. The van der Waals surface area contributed by atoms with Crippen molar-refractivity contribution in [3.05, 3.63) is 41.0 Å². The molecule has 3 N–H and O–H groups in total. The minimum absolute atomic E-state index is 0.0527. The van der Waals surface area contributed by atoms with Gasteiger partial charge in [0, 0.05) is 0 Å². The Morgan fingerprint density at radius 1 is 1.33 bits per heavy atom. The first kappa shape index (κ1) is 16.1. The fraction of sp³-hybridized carbons (Fsp3) is 0.214. The fourth-order valence-corrected chi connectivity index (χ4v) is 4.17. The number of aliphatic hydroxyl groups is 1. The third-order valence-corrected chi connectivity index (χ3v) is 5.42. The Kier molecular flexibility index (Phi) is 4.24. The van der Waals surface area contributed by atoms with Crippen LogP contribution in [-0.2, 0) is 5.60 Å². The van der Waals surface area contributed by atoms with Crippen molar-refractivity contribution in [1.82, 2.24) is 0 Å². The van der Waals surface area contributed by atoms with Crippen LogP contribution in [0.4, 0.5) is 8.78 Å². The number of primary amides is 1. The summed E-state index contributed by atoms with van der Waals surface area (Å²) in [6, 6.07) is 4.21. The van der Waals surface area contributed by atoms with Crippen LogP contribution in [0.2, 0.25) is 0 Å². The molecule has 0 aliphatic rings. The molecule has 1 aromatic carbocycles. The van der Waals surface area contributed by atoms with Crippen LogP contribution >= 0.6 is 11.3 Å². The van der Waals surface area contributed by atoms with Gasteiger partial charge in [0.15, 0.2) is 0 Å². The molecule has 0 saturated heterocycles. The molecule has 1 atom stereocenters. The standard InChI is InChI=1S/C14H14AsF2NO2S/c1-14(2,20)8-4-3-6(10(16)11(8)17)9-5-7(13(18)19)12(15)21-9/h3-5,20H,15H2,1-2H3,(H2,18,19). The number of nitrogens with two attached hydrogens (primary N) is 1. The molecule has 7 heteroatoms. The van der Waals surface area contributed by atoms with Crippen LogP contribution < -0.4 is 9.40 Å². The number of hydrogen-bond donors (Lipinski definition) is 2. The van der Waals surface area contributed by atoms with Gasteiger partial charge in [0.25, 0.3) is 0 Å². The van der Waals surface area contributed by atoms with Crippen LogP contribution in [0.5, 0.6) is 0 Å². The first-order valence-corrected chi connectivity index (χ1v) is 8.06. The molecule has 0 fully saturated rings. The van der Waals surface area contributed by atoms with E-state index in [9.17, 15) is 18.7 Å². The molecular formula is C14H14AsF2NO2S. The second-order valence-electron chi connectivity index (χ2n) is 5.10. The summed E-state index contributed by atoms with van der Waals surface area (Å²) < 4.78 is 29.0. The number of carbonyl (C=O) groups is 1. The van der Waals surface area contributed by atoms with Crippen LogP contribution in [0.15, 0.2) is 18.2 Å². The molecule has 0 saturated carbocycles. The van der Waals surface area contributed by atoms with E-state index in [1.807, 2.05) is 0 Å². The van der Waals surface area contributed by atoms with Crippen molar-refractivity contribution in [1.29, 1.82) is 0 Å². The summed E-state index contributed by atoms with van der Waals surface area (Å²) in [5, 5.41) is 9.81. The summed E-state index contributed by atoms with van der Waals surface area (Å²) in [5.74, 6) is -2.72. The molecule has 2 rings (SSSR count). The Hall–Kier alpha value is -1.23. The van der Waals surface area contributed by atoms with Crippen LogP contribution in [0.1, 0.15) is 29.8 Å². The predicted octanol–water partition coefficient (Wildman–Crippen LogP) is 1.28. The topological polar surface area (TPSA) is 63.3 Å². The maximum absolute atomic E-state index is 14.2. The third kappa shape index (κ3) is 3.02. The second-order valence-corrected chi connectivity index (χ2v) is 8.27. The summed E-state index contributed by atoms with van der Waals surface area (Å²) in [6.45, 7) is 2.76. The van der Waals surface area contributed by atoms with Crippen LogP contribution in [0.25, 0.3) is 10.4 Å². The number of thiophene rings is 1. The predicted molar refractivity (Wildman–Crippen MR) is 81.6 cm³/mol. The number of halogens is 2. The monoisotopic (exact) mass is 373 g/mol. The Bertz CT molecular complexity index is 722. The molecule has 3 nitrogen and oxygen atoms in total. The normalized spacial score (nSPS) is 11.7. The van der Waals surface area contributed by atoms with Gasteiger partial charge in [-0.2, -0.15) is 0 Å². The zero-order valence-corrected chi connectivity index (χ0v) is 14.6. The number of hydrogen-bond acceptors (Lipinski definition) is 3. The minimum atomic E-state index is -1.48. The Balaban J connectivity index is 2.59. The van der Waals surface area contributed by atoms with Crippen molar-refractivity contribution in [2.75, 3.05) is 0 Å². The van der Waals surface area contributed by atoms with Crippen molar-refractivity contribution >= 4 is 37.8 Å². The Morgan fingerprint density at radius 2 is 1.95 bits per heavy atom. The molecule has 0 aliphatic carbocycles. The zero-order valence-electron chi connectivity index (χ0n) is 11.4. The molecule has 0 spiro atoms. The number of amides is 1. The Labute approximate surface area is 133 Å². The quantitative estimate of drug-likeness (QED) is 0.797. The van der Waals surface area contributed by atoms with E-state index in [-0.39, 0.29) is 11.1 Å². The molecule has 1 amide bonds. The number of rotatable bonds is 3. The number of benzene rings is 1. The molecule has 21 heavy (non-hydrogen) atoms. The molecule has 0 bridgehead atoms. The number of carbonyl (C=O) groups excluding carboxylic acids is 1. The van der Waals surface area contributed by atoms with Gasteiger partial charge in [-0.3, -0.25) is 0 Å². The molecule has 0 aliphatic heterocycles. The van der Waals surface area contributed by atoms with E-state index in [0.717, 1.165) is 0 Å². The van der Waals surface area contributed by atoms with Gasteiger partial charge in [-0.25, -0.2) is 0 Å². The van der Waals surface area contributed by atoms with E-state index in [2.05, 4.69) is 0 Å². The first-order chi connectivity index (χ1) is 9.62. The zero-order chi connectivity index (χ0) is 15.9. The van der Waals surface area contributed by atoms with E-state index >= 15 is 0 Å². The SMILES string of the molecule is CC(C)(O)c1ccc(-c2cc(C(N)=O)c([AsH2])s2)c(F)c1F. The van der Waals surface area contributed by atoms with E-state index in [0.29, 0.717) is 14.1 Å². The molecule has 1 heterocycles. The summed E-state index contributed by atoms with van der Waals surface area (Å²) in [6.07, 6.45) is 0. The van der Waals surface area contributed by atoms with E-state index in [4.69, 9.17) is 5.73 Å². The van der Waals surface area contributed by atoms with E-state index in [1.165, 1.54) is 60.2 Å². The van der Waals surface area contributed by atoms with E-state index < -0.39 is 23.1 Å². The summed E-state index contributed by atoms with van der Waals surface area (Å²) in [4.78, 5) is 11.7. The van der Waals surface area contributed by atoms with Gasteiger partial charge >= 0.3 is 133 Å². The van der Waals surface area contributed by atoms with E-state index in [1.54, 1.807) is 0 Å². The van der Waals surface area contributed by atoms with Gasteiger partial charge in [0.2, 0.25) is 0 Å².